The van der Waals surface area contributed by atoms with Crippen LogP contribution in [0, 0.1) is 0 Å². The minimum Gasteiger partial charge on any atom is -0.349 e. The van der Waals surface area contributed by atoms with Crippen LogP contribution in [0.1, 0.15) is 54.4 Å². The molecule has 2 aromatic carbocycles. The minimum absolute atomic E-state index is 0.0570. The van der Waals surface area contributed by atoms with E-state index in [9.17, 15) is 9.59 Å². The lowest BCUT2D eigenvalue weighted by Crippen LogP contribution is -2.36. The molecule has 148 valence electrons. The maximum absolute atomic E-state index is 12.7. The summed E-state index contributed by atoms with van der Waals surface area (Å²) in [6.07, 6.45) is 6.10. The molecule has 2 aromatic rings. The maximum Gasteiger partial charge on any atom is 0.253 e. The summed E-state index contributed by atoms with van der Waals surface area (Å²) in [5.74, 6) is 1.49. The van der Waals surface area contributed by atoms with Crippen LogP contribution in [0.15, 0.2) is 54.6 Å². The third-order valence-corrected chi connectivity index (χ3v) is 6.00. The van der Waals surface area contributed by atoms with Crippen LogP contribution in [-0.2, 0) is 10.5 Å². The Morgan fingerprint density at radius 1 is 0.929 bits per heavy atom. The molecule has 1 aliphatic rings. The fraction of sp³-hybridized carbons (Fsp3) is 0.391. The summed E-state index contributed by atoms with van der Waals surface area (Å²) in [5.41, 5.74) is 2.39. The Hall–Kier alpha value is -2.27. The molecule has 28 heavy (non-hydrogen) atoms. The van der Waals surface area contributed by atoms with Gasteiger partial charge in [0.05, 0.1) is 11.3 Å². The van der Waals surface area contributed by atoms with Crippen molar-refractivity contribution in [2.75, 3.05) is 11.1 Å². The van der Waals surface area contributed by atoms with Gasteiger partial charge in [0.25, 0.3) is 5.91 Å². The summed E-state index contributed by atoms with van der Waals surface area (Å²) in [6, 6.07) is 17.7. The number of hydrogen-bond donors (Lipinski definition) is 2. The van der Waals surface area contributed by atoms with Crippen molar-refractivity contribution in [3.8, 4) is 0 Å². The molecule has 0 aromatic heterocycles. The van der Waals surface area contributed by atoms with Crippen molar-refractivity contribution in [1.82, 2.24) is 5.32 Å². The summed E-state index contributed by atoms with van der Waals surface area (Å²) in [7, 11) is 0. The van der Waals surface area contributed by atoms with Gasteiger partial charge in [0, 0.05) is 24.0 Å². The van der Waals surface area contributed by atoms with E-state index in [4.69, 9.17) is 0 Å². The average molecular weight is 397 g/mol. The number of thioether (sulfide) groups is 1. The van der Waals surface area contributed by atoms with Crippen molar-refractivity contribution >= 4 is 29.3 Å². The van der Waals surface area contributed by atoms with E-state index in [-0.39, 0.29) is 17.9 Å². The maximum atomic E-state index is 12.7. The number of carbonyl (C=O) groups is 2. The number of hydrogen-bond acceptors (Lipinski definition) is 3. The van der Waals surface area contributed by atoms with Crippen molar-refractivity contribution in [2.24, 2.45) is 0 Å². The molecule has 2 amide bonds. The highest BCUT2D eigenvalue weighted by Crippen LogP contribution is 2.20. The zero-order valence-corrected chi connectivity index (χ0v) is 17.0. The lowest BCUT2D eigenvalue weighted by molar-refractivity contribution is -0.115. The average Bonchev–Trinajstić information content (AvgIpc) is 2.73. The SMILES string of the molecule is O=C(CCSCc1ccccc1)Nc1ccccc1C(=O)NC1CCCCC1. The molecule has 2 N–H and O–H groups in total. The van der Waals surface area contributed by atoms with Crippen molar-refractivity contribution in [3.63, 3.8) is 0 Å². The summed E-state index contributed by atoms with van der Waals surface area (Å²) in [6.45, 7) is 0. The van der Waals surface area contributed by atoms with Crippen LogP contribution in [-0.4, -0.2) is 23.6 Å². The van der Waals surface area contributed by atoms with Gasteiger partial charge in [-0.3, -0.25) is 9.59 Å². The molecule has 0 atom stereocenters. The zero-order chi connectivity index (χ0) is 19.6. The van der Waals surface area contributed by atoms with Crippen LogP contribution in [0.25, 0.3) is 0 Å². The van der Waals surface area contributed by atoms with Gasteiger partial charge in [-0.25, -0.2) is 0 Å². The number of para-hydroxylation sites is 1. The molecule has 5 heteroatoms. The van der Waals surface area contributed by atoms with E-state index in [0.717, 1.165) is 24.3 Å². The van der Waals surface area contributed by atoms with Gasteiger partial charge < -0.3 is 10.6 Å². The fourth-order valence-electron chi connectivity index (χ4n) is 3.44. The van der Waals surface area contributed by atoms with Crippen molar-refractivity contribution < 1.29 is 9.59 Å². The second kappa shape index (κ2) is 10.9. The Labute approximate surface area is 171 Å². The first-order chi connectivity index (χ1) is 13.7. The predicted molar refractivity (Wildman–Crippen MR) is 117 cm³/mol. The third-order valence-electron chi connectivity index (χ3n) is 4.97. The molecule has 0 radical (unpaired) electrons. The number of carbonyl (C=O) groups excluding carboxylic acids is 2. The van der Waals surface area contributed by atoms with Crippen molar-refractivity contribution in [3.05, 3.63) is 65.7 Å². The van der Waals surface area contributed by atoms with E-state index < -0.39 is 0 Å². The normalized spacial score (nSPS) is 14.4. The Kier molecular flexibility index (Phi) is 7.97. The number of rotatable bonds is 8. The van der Waals surface area contributed by atoms with Crippen LogP contribution >= 0.6 is 11.8 Å². The third kappa shape index (κ3) is 6.41. The van der Waals surface area contributed by atoms with Gasteiger partial charge in [0.1, 0.15) is 0 Å². The molecule has 4 nitrogen and oxygen atoms in total. The predicted octanol–water partition coefficient (Wildman–Crippen LogP) is 5.01. The first kappa shape index (κ1) is 20.5. The van der Waals surface area contributed by atoms with E-state index in [1.807, 2.05) is 30.3 Å². The van der Waals surface area contributed by atoms with Crippen LogP contribution in [0.2, 0.25) is 0 Å². The molecule has 0 saturated heterocycles. The van der Waals surface area contributed by atoms with Gasteiger partial charge >= 0.3 is 0 Å². The molecule has 0 aliphatic heterocycles. The van der Waals surface area contributed by atoms with E-state index in [0.29, 0.717) is 17.7 Å². The molecule has 1 fully saturated rings. The van der Waals surface area contributed by atoms with E-state index in [1.54, 1.807) is 23.9 Å². The lowest BCUT2D eigenvalue weighted by Gasteiger charge is -2.23. The lowest BCUT2D eigenvalue weighted by atomic mass is 9.95. The van der Waals surface area contributed by atoms with Gasteiger partial charge in [0.2, 0.25) is 5.91 Å². The highest BCUT2D eigenvalue weighted by molar-refractivity contribution is 7.98. The second-order valence-corrected chi connectivity index (χ2v) is 8.30. The number of benzene rings is 2. The van der Waals surface area contributed by atoms with Gasteiger partial charge in [0.15, 0.2) is 0 Å². The van der Waals surface area contributed by atoms with Crippen LogP contribution < -0.4 is 10.6 Å². The van der Waals surface area contributed by atoms with E-state index in [1.165, 1.54) is 24.8 Å². The molecule has 1 saturated carbocycles. The summed E-state index contributed by atoms with van der Waals surface area (Å²) >= 11 is 1.74. The quantitative estimate of drug-likeness (QED) is 0.617. The Morgan fingerprint density at radius 2 is 1.64 bits per heavy atom. The largest absolute Gasteiger partial charge is 0.349 e. The topological polar surface area (TPSA) is 58.2 Å². The highest BCUT2D eigenvalue weighted by atomic mass is 32.2. The van der Waals surface area contributed by atoms with Gasteiger partial charge in [-0.15, -0.1) is 0 Å². The van der Waals surface area contributed by atoms with Crippen LogP contribution in [0.5, 0.6) is 0 Å². The zero-order valence-electron chi connectivity index (χ0n) is 16.2. The Balaban J connectivity index is 1.48. The fourth-order valence-corrected chi connectivity index (χ4v) is 4.34. The molecular weight excluding hydrogens is 368 g/mol. The molecule has 0 spiro atoms. The van der Waals surface area contributed by atoms with Crippen molar-refractivity contribution in [1.29, 1.82) is 0 Å². The number of anilines is 1. The minimum atomic E-state index is -0.0961. The van der Waals surface area contributed by atoms with Crippen molar-refractivity contribution in [2.45, 2.75) is 50.3 Å². The van der Waals surface area contributed by atoms with Crippen LogP contribution in [0.3, 0.4) is 0 Å². The Bertz CT molecular complexity index is 773. The highest BCUT2D eigenvalue weighted by Gasteiger charge is 2.19. The van der Waals surface area contributed by atoms with Gasteiger partial charge in [-0.1, -0.05) is 61.7 Å². The summed E-state index contributed by atoms with van der Waals surface area (Å²) < 4.78 is 0. The molecule has 0 heterocycles. The van der Waals surface area contributed by atoms with Gasteiger partial charge in [-0.2, -0.15) is 11.8 Å². The molecule has 1 aliphatic carbocycles. The Morgan fingerprint density at radius 3 is 2.43 bits per heavy atom. The second-order valence-electron chi connectivity index (χ2n) is 7.19. The van der Waals surface area contributed by atoms with Gasteiger partial charge in [-0.05, 0) is 30.5 Å². The molecular formula is C23H28N2O2S. The molecule has 3 rings (SSSR count). The molecule has 0 bridgehead atoms. The monoisotopic (exact) mass is 396 g/mol. The first-order valence-electron chi connectivity index (χ1n) is 10.0. The number of nitrogens with one attached hydrogen (secondary N) is 2. The standard InChI is InChI=1S/C23H28N2O2S/c26-22(15-16-28-17-18-9-3-1-4-10-18)25-21-14-8-7-13-20(21)23(27)24-19-11-5-2-6-12-19/h1,3-4,7-10,13-14,19H,2,5-6,11-12,15-17H2,(H,24,27)(H,25,26). The van der Waals surface area contributed by atoms with Crippen LogP contribution in [0.4, 0.5) is 5.69 Å². The first-order valence-corrected chi connectivity index (χ1v) is 11.2. The van der Waals surface area contributed by atoms with E-state index in [2.05, 4.69) is 22.8 Å². The van der Waals surface area contributed by atoms with E-state index >= 15 is 0 Å². The summed E-state index contributed by atoms with van der Waals surface area (Å²) in [4.78, 5) is 25.0. The molecule has 0 unspecified atom stereocenters. The smallest absolute Gasteiger partial charge is 0.253 e. The summed E-state index contributed by atoms with van der Waals surface area (Å²) in [5, 5.41) is 6.04. The number of amides is 2.